The van der Waals surface area contributed by atoms with E-state index in [2.05, 4.69) is 0 Å². The average molecular weight is 297 g/mol. The standard InChI is InChI=1S/C18H19NO3/c1-12-5-10-16-15(11-12)18(22-4,17(20)19(16)2)13-6-8-14(21-3)9-7-13/h5-11H,1-4H3. The summed E-state index contributed by atoms with van der Waals surface area (Å²) in [4.78, 5) is 14.6. The van der Waals surface area contributed by atoms with Gasteiger partial charge in [-0.3, -0.25) is 4.79 Å². The minimum absolute atomic E-state index is 0.0826. The van der Waals surface area contributed by atoms with E-state index < -0.39 is 5.60 Å². The maximum atomic E-state index is 13.0. The van der Waals surface area contributed by atoms with Crippen LogP contribution in [0.15, 0.2) is 42.5 Å². The first-order valence-corrected chi connectivity index (χ1v) is 7.13. The van der Waals surface area contributed by atoms with Crippen molar-refractivity contribution in [2.24, 2.45) is 0 Å². The Morgan fingerprint density at radius 1 is 1.05 bits per heavy atom. The molecule has 0 radical (unpaired) electrons. The minimum Gasteiger partial charge on any atom is -0.497 e. The Kier molecular flexibility index (Phi) is 3.41. The van der Waals surface area contributed by atoms with Gasteiger partial charge in [0.1, 0.15) is 5.75 Å². The molecule has 1 atom stereocenters. The first-order chi connectivity index (χ1) is 10.5. The Morgan fingerprint density at radius 2 is 1.73 bits per heavy atom. The molecule has 1 amide bonds. The molecule has 1 unspecified atom stereocenters. The lowest BCUT2D eigenvalue weighted by Crippen LogP contribution is -2.41. The van der Waals surface area contributed by atoms with Gasteiger partial charge in [0.05, 0.1) is 12.8 Å². The van der Waals surface area contributed by atoms with Crippen LogP contribution in [0.3, 0.4) is 0 Å². The van der Waals surface area contributed by atoms with Crippen LogP contribution in [0.5, 0.6) is 5.75 Å². The van der Waals surface area contributed by atoms with Gasteiger partial charge in [0.15, 0.2) is 5.60 Å². The van der Waals surface area contributed by atoms with Crippen molar-refractivity contribution < 1.29 is 14.3 Å². The van der Waals surface area contributed by atoms with Crippen LogP contribution in [0, 0.1) is 6.92 Å². The second kappa shape index (κ2) is 5.14. The van der Waals surface area contributed by atoms with Gasteiger partial charge in [-0.05, 0) is 30.7 Å². The van der Waals surface area contributed by atoms with Gasteiger partial charge in [-0.25, -0.2) is 0 Å². The van der Waals surface area contributed by atoms with Crippen LogP contribution < -0.4 is 9.64 Å². The lowest BCUT2D eigenvalue weighted by atomic mass is 9.86. The van der Waals surface area contributed by atoms with E-state index in [9.17, 15) is 4.79 Å². The maximum absolute atomic E-state index is 13.0. The first kappa shape index (κ1) is 14.6. The van der Waals surface area contributed by atoms with Gasteiger partial charge >= 0.3 is 0 Å². The summed E-state index contributed by atoms with van der Waals surface area (Å²) in [6.07, 6.45) is 0. The number of hydrogen-bond donors (Lipinski definition) is 0. The molecule has 1 heterocycles. The van der Waals surface area contributed by atoms with Crippen LogP contribution in [0.4, 0.5) is 5.69 Å². The SMILES string of the molecule is COc1ccc(C2(OC)C(=O)N(C)c3ccc(C)cc32)cc1. The highest BCUT2D eigenvalue weighted by molar-refractivity contribution is 6.09. The summed E-state index contributed by atoms with van der Waals surface area (Å²) in [7, 11) is 4.97. The predicted molar refractivity (Wildman–Crippen MR) is 85.4 cm³/mol. The van der Waals surface area contributed by atoms with E-state index in [0.29, 0.717) is 0 Å². The van der Waals surface area contributed by atoms with Crippen LogP contribution in [-0.2, 0) is 15.1 Å². The third-order valence-corrected chi connectivity index (χ3v) is 4.30. The second-order valence-electron chi connectivity index (χ2n) is 5.50. The van der Waals surface area contributed by atoms with Gasteiger partial charge in [-0.15, -0.1) is 0 Å². The Morgan fingerprint density at radius 3 is 2.32 bits per heavy atom. The zero-order chi connectivity index (χ0) is 15.9. The topological polar surface area (TPSA) is 38.8 Å². The van der Waals surface area contributed by atoms with Crippen molar-refractivity contribution in [2.45, 2.75) is 12.5 Å². The monoisotopic (exact) mass is 297 g/mol. The van der Waals surface area contributed by atoms with Crippen molar-refractivity contribution in [1.29, 1.82) is 0 Å². The van der Waals surface area contributed by atoms with Gasteiger partial charge in [-0.1, -0.05) is 29.8 Å². The summed E-state index contributed by atoms with van der Waals surface area (Å²) in [5.41, 5.74) is 2.57. The highest BCUT2D eigenvalue weighted by Crippen LogP contribution is 2.46. The zero-order valence-electron chi connectivity index (χ0n) is 13.2. The molecule has 2 aromatic carbocycles. The highest BCUT2D eigenvalue weighted by atomic mass is 16.5. The lowest BCUT2D eigenvalue weighted by Gasteiger charge is -2.27. The fourth-order valence-corrected chi connectivity index (χ4v) is 3.10. The summed E-state index contributed by atoms with van der Waals surface area (Å²) in [5.74, 6) is 0.666. The number of aryl methyl sites for hydroxylation is 1. The number of rotatable bonds is 3. The Bertz CT molecular complexity index is 724. The van der Waals surface area contributed by atoms with E-state index in [-0.39, 0.29) is 5.91 Å². The third-order valence-electron chi connectivity index (χ3n) is 4.30. The molecule has 4 heteroatoms. The number of ether oxygens (including phenoxy) is 2. The number of amides is 1. The molecule has 0 fully saturated rings. The summed E-state index contributed by atoms with van der Waals surface area (Å²) >= 11 is 0. The number of methoxy groups -OCH3 is 2. The minimum atomic E-state index is -1.09. The van der Waals surface area contributed by atoms with Crippen LogP contribution in [0.1, 0.15) is 16.7 Å². The predicted octanol–water partition coefficient (Wildman–Crippen LogP) is 2.87. The molecule has 4 nitrogen and oxygen atoms in total. The molecular formula is C18H19NO3. The Balaban J connectivity index is 2.24. The molecule has 1 aliphatic heterocycles. The van der Waals surface area contributed by atoms with E-state index in [4.69, 9.17) is 9.47 Å². The Labute approximate surface area is 130 Å². The van der Waals surface area contributed by atoms with Crippen LogP contribution >= 0.6 is 0 Å². The lowest BCUT2D eigenvalue weighted by molar-refractivity contribution is -0.134. The zero-order valence-corrected chi connectivity index (χ0v) is 13.2. The van der Waals surface area contributed by atoms with E-state index >= 15 is 0 Å². The summed E-state index contributed by atoms with van der Waals surface area (Å²) < 4.78 is 11.0. The van der Waals surface area contributed by atoms with E-state index in [1.54, 1.807) is 26.2 Å². The normalized spacial score (nSPS) is 20.2. The molecule has 114 valence electrons. The maximum Gasteiger partial charge on any atom is 0.268 e. The largest absolute Gasteiger partial charge is 0.497 e. The molecule has 0 bridgehead atoms. The molecule has 2 aromatic rings. The quantitative estimate of drug-likeness (QED) is 0.874. The Hall–Kier alpha value is -2.33. The summed E-state index contributed by atoms with van der Waals surface area (Å²) in [6.45, 7) is 2.01. The van der Waals surface area contributed by atoms with Crippen molar-refractivity contribution in [3.63, 3.8) is 0 Å². The van der Waals surface area contributed by atoms with Crippen molar-refractivity contribution >= 4 is 11.6 Å². The van der Waals surface area contributed by atoms with Crippen molar-refractivity contribution in [2.75, 3.05) is 26.2 Å². The van der Waals surface area contributed by atoms with Crippen molar-refractivity contribution in [3.8, 4) is 5.75 Å². The number of fused-ring (bicyclic) bond motifs is 1. The molecule has 1 aliphatic rings. The third kappa shape index (κ3) is 1.84. The molecule has 0 saturated carbocycles. The smallest absolute Gasteiger partial charge is 0.268 e. The number of likely N-dealkylation sites (N-methyl/N-ethyl adjacent to an activating group) is 1. The van der Waals surface area contributed by atoms with Gasteiger partial charge in [0, 0.05) is 19.7 Å². The van der Waals surface area contributed by atoms with Crippen LogP contribution in [-0.4, -0.2) is 27.2 Å². The fraction of sp³-hybridized carbons (Fsp3) is 0.278. The van der Waals surface area contributed by atoms with Crippen LogP contribution in [0.25, 0.3) is 0 Å². The number of hydrogen-bond acceptors (Lipinski definition) is 3. The molecule has 0 N–H and O–H groups in total. The number of carbonyl (C=O) groups is 1. The number of nitrogens with zero attached hydrogens (tertiary/aromatic N) is 1. The molecule has 0 aromatic heterocycles. The van der Waals surface area contributed by atoms with Crippen molar-refractivity contribution in [1.82, 2.24) is 0 Å². The van der Waals surface area contributed by atoms with Gasteiger partial charge in [-0.2, -0.15) is 0 Å². The molecule has 0 aliphatic carbocycles. The summed E-state index contributed by atoms with van der Waals surface area (Å²) in [5, 5.41) is 0. The van der Waals surface area contributed by atoms with Gasteiger partial charge < -0.3 is 14.4 Å². The van der Waals surface area contributed by atoms with E-state index in [0.717, 1.165) is 28.1 Å². The molecule has 22 heavy (non-hydrogen) atoms. The van der Waals surface area contributed by atoms with Crippen molar-refractivity contribution in [3.05, 3.63) is 59.2 Å². The summed E-state index contributed by atoms with van der Waals surface area (Å²) in [6, 6.07) is 13.4. The fourth-order valence-electron chi connectivity index (χ4n) is 3.10. The highest BCUT2D eigenvalue weighted by Gasteiger charge is 2.51. The van der Waals surface area contributed by atoms with E-state index in [1.165, 1.54) is 0 Å². The van der Waals surface area contributed by atoms with Gasteiger partial charge in [0.25, 0.3) is 5.91 Å². The van der Waals surface area contributed by atoms with E-state index in [1.807, 2.05) is 49.4 Å². The number of carbonyl (C=O) groups excluding carboxylic acids is 1. The second-order valence-corrected chi connectivity index (χ2v) is 5.50. The molecule has 0 spiro atoms. The first-order valence-electron chi connectivity index (χ1n) is 7.13. The molecule has 3 rings (SSSR count). The van der Waals surface area contributed by atoms with Gasteiger partial charge in [0.2, 0.25) is 0 Å². The average Bonchev–Trinajstić information content (AvgIpc) is 2.76. The number of anilines is 1. The van der Waals surface area contributed by atoms with Crippen LogP contribution in [0.2, 0.25) is 0 Å². The molecular weight excluding hydrogens is 278 g/mol. The number of benzene rings is 2. The molecule has 0 saturated heterocycles.